The van der Waals surface area contributed by atoms with Gasteiger partial charge in [0.2, 0.25) is 5.88 Å². The maximum Gasteiger partial charge on any atom is 0.221 e. The summed E-state index contributed by atoms with van der Waals surface area (Å²) < 4.78 is 11.2. The van der Waals surface area contributed by atoms with Crippen molar-refractivity contribution in [2.45, 2.75) is 46.1 Å². The molecular weight excluding hydrogens is 252 g/mol. The molecule has 1 rings (SSSR count). The molecule has 0 radical (unpaired) electrons. The SMILES string of the molecule is CC(C)c1c(Cl)ncnc1OCCOC(C)(C)C. The van der Waals surface area contributed by atoms with Gasteiger partial charge in [0.25, 0.3) is 0 Å². The molecule has 5 heteroatoms. The van der Waals surface area contributed by atoms with Gasteiger partial charge in [0.15, 0.2) is 0 Å². The lowest BCUT2D eigenvalue weighted by Gasteiger charge is -2.20. The molecule has 0 amide bonds. The number of hydrogen-bond donors (Lipinski definition) is 0. The van der Waals surface area contributed by atoms with Crippen molar-refractivity contribution < 1.29 is 9.47 Å². The molecule has 0 saturated carbocycles. The van der Waals surface area contributed by atoms with E-state index in [0.717, 1.165) is 5.56 Å². The van der Waals surface area contributed by atoms with E-state index in [2.05, 4.69) is 9.97 Å². The second-order valence-electron chi connectivity index (χ2n) is 5.35. The maximum absolute atomic E-state index is 6.05. The molecular formula is C13H21ClN2O2. The number of halogens is 1. The van der Waals surface area contributed by atoms with Crippen LogP contribution in [0.15, 0.2) is 6.33 Å². The Labute approximate surface area is 114 Å². The fraction of sp³-hybridized carbons (Fsp3) is 0.692. The molecule has 0 aliphatic carbocycles. The first-order valence-electron chi connectivity index (χ1n) is 6.08. The van der Waals surface area contributed by atoms with Gasteiger partial charge in [0, 0.05) is 0 Å². The molecule has 102 valence electrons. The van der Waals surface area contributed by atoms with Crippen molar-refractivity contribution in [3.05, 3.63) is 17.0 Å². The van der Waals surface area contributed by atoms with Gasteiger partial charge >= 0.3 is 0 Å². The van der Waals surface area contributed by atoms with Crippen molar-refractivity contribution in [3.63, 3.8) is 0 Å². The first-order chi connectivity index (χ1) is 8.31. The Hall–Kier alpha value is -0.870. The summed E-state index contributed by atoms with van der Waals surface area (Å²) in [4.78, 5) is 8.09. The van der Waals surface area contributed by atoms with E-state index in [4.69, 9.17) is 21.1 Å². The van der Waals surface area contributed by atoms with Gasteiger partial charge in [-0.15, -0.1) is 0 Å². The van der Waals surface area contributed by atoms with E-state index in [9.17, 15) is 0 Å². The van der Waals surface area contributed by atoms with E-state index < -0.39 is 0 Å². The average molecular weight is 273 g/mol. The normalized spacial score (nSPS) is 11.9. The van der Waals surface area contributed by atoms with Gasteiger partial charge in [0.05, 0.1) is 17.8 Å². The highest BCUT2D eigenvalue weighted by molar-refractivity contribution is 6.30. The lowest BCUT2D eigenvalue weighted by molar-refractivity contribution is -0.0169. The van der Waals surface area contributed by atoms with Crippen LogP contribution in [-0.2, 0) is 4.74 Å². The van der Waals surface area contributed by atoms with Crippen LogP contribution in [0.3, 0.4) is 0 Å². The summed E-state index contributed by atoms with van der Waals surface area (Å²) >= 11 is 6.05. The van der Waals surface area contributed by atoms with E-state index in [0.29, 0.717) is 24.2 Å². The Bertz CT molecular complexity index is 389. The van der Waals surface area contributed by atoms with Crippen LogP contribution in [0.25, 0.3) is 0 Å². The molecule has 1 aromatic heterocycles. The van der Waals surface area contributed by atoms with E-state index >= 15 is 0 Å². The van der Waals surface area contributed by atoms with Crippen LogP contribution in [0.1, 0.15) is 46.1 Å². The number of hydrogen-bond acceptors (Lipinski definition) is 4. The summed E-state index contributed by atoms with van der Waals surface area (Å²) in [7, 11) is 0. The number of nitrogens with zero attached hydrogens (tertiary/aromatic N) is 2. The summed E-state index contributed by atoms with van der Waals surface area (Å²) in [6.45, 7) is 11.1. The van der Waals surface area contributed by atoms with Crippen LogP contribution in [-0.4, -0.2) is 28.8 Å². The Morgan fingerprint density at radius 1 is 1.22 bits per heavy atom. The minimum absolute atomic E-state index is 0.159. The topological polar surface area (TPSA) is 44.2 Å². The molecule has 0 aliphatic rings. The predicted octanol–water partition coefficient (Wildman–Crippen LogP) is 3.45. The molecule has 1 heterocycles. The van der Waals surface area contributed by atoms with Crippen molar-refractivity contribution in [3.8, 4) is 5.88 Å². The maximum atomic E-state index is 6.05. The molecule has 0 aromatic carbocycles. The lowest BCUT2D eigenvalue weighted by Crippen LogP contribution is -2.22. The second kappa shape index (κ2) is 6.34. The minimum Gasteiger partial charge on any atom is -0.475 e. The van der Waals surface area contributed by atoms with Crippen molar-refractivity contribution in [2.24, 2.45) is 0 Å². The summed E-state index contributed by atoms with van der Waals surface area (Å²) in [5.41, 5.74) is 0.683. The van der Waals surface area contributed by atoms with Gasteiger partial charge in [-0.05, 0) is 26.7 Å². The molecule has 0 N–H and O–H groups in total. The van der Waals surface area contributed by atoms with Gasteiger partial charge in [-0.25, -0.2) is 9.97 Å². The van der Waals surface area contributed by atoms with Crippen LogP contribution >= 0.6 is 11.6 Å². The Morgan fingerprint density at radius 2 is 1.89 bits per heavy atom. The molecule has 1 aromatic rings. The Morgan fingerprint density at radius 3 is 2.44 bits per heavy atom. The highest BCUT2D eigenvalue weighted by Gasteiger charge is 2.15. The molecule has 0 fully saturated rings. The largest absolute Gasteiger partial charge is 0.475 e. The molecule has 4 nitrogen and oxygen atoms in total. The fourth-order valence-electron chi connectivity index (χ4n) is 1.45. The highest BCUT2D eigenvalue weighted by Crippen LogP contribution is 2.29. The summed E-state index contributed by atoms with van der Waals surface area (Å²) in [6.07, 6.45) is 1.41. The zero-order valence-corrected chi connectivity index (χ0v) is 12.4. The molecule has 0 atom stereocenters. The average Bonchev–Trinajstić information content (AvgIpc) is 2.22. The lowest BCUT2D eigenvalue weighted by atomic mass is 10.1. The third-order valence-electron chi connectivity index (χ3n) is 2.23. The number of aromatic nitrogens is 2. The van der Waals surface area contributed by atoms with Crippen molar-refractivity contribution in [1.29, 1.82) is 0 Å². The summed E-state index contributed by atoms with van der Waals surface area (Å²) in [6, 6.07) is 0. The van der Waals surface area contributed by atoms with Crippen molar-refractivity contribution >= 4 is 11.6 Å². The van der Waals surface area contributed by atoms with Crippen molar-refractivity contribution in [1.82, 2.24) is 9.97 Å². The van der Waals surface area contributed by atoms with Crippen LogP contribution in [0.4, 0.5) is 0 Å². The third-order valence-corrected chi connectivity index (χ3v) is 2.53. The fourth-order valence-corrected chi connectivity index (χ4v) is 1.79. The van der Waals surface area contributed by atoms with Crippen molar-refractivity contribution in [2.75, 3.05) is 13.2 Å². The van der Waals surface area contributed by atoms with Gasteiger partial charge in [0.1, 0.15) is 18.1 Å². The zero-order valence-electron chi connectivity index (χ0n) is 11.7. The van der Waals surface area contributed by atoms with Gasteiger partial charge in [-0.3, -0.25) is 0 Å². The molecule has 0 unspecified atom stereocenters. The third kappa shape index (κ3) is 4.78. The second-order valence-corrected chi connectivity index (χ2v) is 5.71. The van der Waals surface area contributed by atoms with Crippen LogP contribution in [0.2, 0.25) is 5.15 Å². The Balaban J connectivity index is 2.60. The summed E-state index contributed by atoms with van der Waals surface area (Å²) in [5, 5.41) is 0.451. The number of ether oxygens (including phenoxy) is 2. The van der Waals surface area contributed by atoms with Gasteiger partial charge < -0.3 is 9.47 Å². The molecule has 18 heavy (non-hydrogen) atoms. The first kappa shape index (κ1) is 15.2. The van der Waals surface area contributed by atoms with Gasteiger partial charge in [-0.2, -0.15) is 0 Å². The van der Waals surface area contributed by atoms with E-state index in [1.807, 2.05) is 34.6 Å². The van der Waals surface area contributed by atoms with E-state index in [-0.39, 0.29) is 11.5 Å². The molecule has 0 aliphatic heterocycles. The minimum atomic E-state index is -0.159. The monoisotopic (exact) mass is 272 g/mol. The number of rotatable bonds is 5. The molecule has 0 bridgehead atoms. The van der Waals surface area contributed by atoms with Crippen LogP contribution < -0.4 is 4.74 Å². The van der Waals surface area contributed by atoms with Crippen LogP contribution in [0.5, 0.6) is 5.88 Å². The summed E-state index contributed by atoms with van der Waals surface area (Å²) in [5.74, 6) is 0.764. The molecule has 0 saturated heterocycles. The smallest absolute Gasteiger partial charge is 0.221 e. The Kier molecular flexibility index (Phi) is 5.35. The van der Waals surface area contributed by atoms with Gasteiger partial charge in [-0.1, -0.05) is 25.4 Å². The highest BCUT2D eigenvalue weighted by atomic mass is 35.5. The zero-order chi connectivity index (χ0) is 13.8. The predicted molar refractivity (Wildman–Crippen MR) is 72.3 cm³/mol. The standard InChI is InChI=1S/C13H21ClN2O2/c1-9(2)10-11(14)15-8-16-12(10)17-6-7-18-13(3,4)5/h8-9H,6-7H2,1-5H3. The van der Waals surface area contributed by atoms with E-state index in [1.165, 1.54) is 6.33 Å². The first-order valence-corrected chi connectivity index (χ1v) is 6.46. The molecule has 0 spiro atoms. The van der Waals surface area contributed by atoms with E-state index in [1.54, 1.807) is 0 Å². The quantitative estimate of drug-likeness (QED) is 0.608. The van der Waals surface area contributed by atoms with Crippen LogP contribution in [0, 0.1) is 0 Å².